The first-order chi connectivity index (χ1) is 10.9. The molecule has 3 heterocycles. The minimum Gasteiger partial charge on any atom is -0.396 e. The molecule has 1 saturated heterocycles. The van der Waals surface area contributed by atoms with E-state index in [-0.39, 0.29) is 0 Å². The van der Waals surface area contributed by atoms with Crippen molar-refractivity contribution in [3.63, 3.8) is 0 Å². The number of nitrogens with zero attached hydrogens (tertiary/aromatic N) is 3. The molecule has 2 aromatic heterocycles. The Labute approximate surface area is 135 Å². The average molecular weight is 321 g/mol. The molecule has 6 heteroatoms. The lowest BCUT2D eigenvalue weighted by Crippen LogP contribution is -2.30. The topological polar surface area (TPSA) is 62.4 Å². The van der Waals surface area contributed by atoms with Gasteiger partial charge in [0.2, 0.25) is 11.7 Å². The molecule has 0 saturated carbocycles. The van der Waals surface area contributed by atoms with Crippen molar-refractivity contribution in [1.29, 1.82) is 0 Å². The molecule has 1 aliphatic rings. The summed E-state index contributed by atoms with van der Waals surface area (Å²) in [5.41, 5.74) is 0. The van der Waals surface area contributed by atoms with E-state index in [9.17, 15) is 0 Å². The van der Waals surface area contributed by atoms with Crippen LogP contribution in [0.5, 0.6) is 0 Å². The summed E-state index contributed by atoms with van der Waals surface area (Å²) in [6.45, 7) is 2.56. The SMILES string of the molecule is OCCCC1CCCN1CCCc1nc(-c2cccs2)no1. The van der Waals surface area contributed by atoms with Crippen molar-refractivity contribution in [2.75, 3.05) is 19.7 Å². The van der Waals surface area contributed by atoms with Crippen LogP contribution < -0.4 is 0 Å². The standard InChI is InChI=1S/C16H23N3O2S/c20-11-3-6-13-5-1-9-19(13)10-2-8-15-17-16(18-21-15)14-7-4-12-22-14/h4,7,12-13,20H,1-3,5-6,8-11H2. The molecule has 1 atom stereocenters. The van der Waals surface area contributed by atoms with Gasteiger partial charge in [-0.1, -0.05) is 11.2 Å². The van der Waals surface area contributed by atoms with Crippen LogP contribution in [0.2, 0.25) is 0 Å². The van der Waals surface area contributed by atoms with Crippen LogP contribution in [0.15, 0.2) is 22.0 Å². The number of likely N-dealkylation sites (tertiary alicyclic amines) is 1. The number of aliphatic hydroxyl groups excluding tert-OH is 1. The fraction of sp³-hybridized carbons (Fsp3) is 0.625. The summed E-state index contributed by atoms with van der Waals surface area (Å²) in [6, 6.07) is 4.65. The Kier molecular flexibility index (Phi) is 5.58. The number of rotatable bonds is 8. The second kappa shape index (κ2) is 7.85. The van der Waals surface area contributed by atoms with E-state index in [1.54, 1.807) is 11.3 Å². The summed E-state index contributed by atoms with van der Waals surface area (Å²) < 4.78 is 5.34. The minimum absolute atomic E-state index is 0.303. The maximum Gasteiger partial charge on any atom is 0.227 e. The summed E-state index contributed by atoms with van der Waals surface area (Å²) in [5.74, 6) is 1.43. The monoisotopic (exact) mass is 321 g/mol. The van der Waals surface area contributed by atoms with Gasteiger partial charge in [-0.2, -0.15) is 4.98 Å². The van der Waals surface area contributed by atoms with Gasteiger partial charge in [0.15, 0.2) is 0 Å². The number of thiophene rings is 1. The fourth-order valence-corrected chi connectivity index (χ4v) is 3.79. The summed E-state index contributed by atoms with van der Waals surface area (Å²) in [6.07, 6.45) is 6.44. The van der Waals surface area contributed by atoms with E-state index < -0.39 is 0 Å². The summed E-state index contributed by atoms with van der Waals surface area (Å²) >= 11 is 1.63. The van der Waals surface area contributed by atoms with Crippen molar-refractivity contribution >= 4 is 11.3 Å². The maximum atomic E-state index is 8.97. The third-order valence-corrected chi connectivity index (χ3v) is 5.11. The van der Waals surface area contributed by atoms with E-state index in [4.69, 9.17) is 9.63 Å². The first-order valence-electron chi connectivity index (χ1n) is 8.08. The molecule has 0 aromatic carbocycles. The number of hydrogen-bond donors (Lipinski definition) is 1. The Hall–Kier alpha value is -1.24. The molecule has 22 heavy (non-hydrogen) atoms. The number of aryl methyl sites for hydroxylation is 1. The molecule has 0 bridgehead atoms. The highest BCUT2D eigenvalue weighted by Crippen LogP contribution is 2.23. The number of aromatic nitrogens is 2. The molecule has 0 spiro atoms. The summed E-state index contributed by atoms with van der Waals surface area (Å²) in [5, 5.41) is 15.0. The van der Waals surface area contributed by atoms with Gasteiger partial charge in [-0.3, -0.25) is 0 Å². The lowest BCUT2D eigenvalue weighted by Gasteiger charge is -2.23. The molecule has 1 unspecified atom stereocenters. The van der Waals surface area contributed by atoms with Gasteiger partial charge in [0.1, 0.15) is 0 Å². The van der Waals surface area contributed by atoms with Gasteiger partial charge in [0.05, 0.1) is 4.88 Å². The van der Waals surface area contributed by atoms with E-state index in [0.29, 0.717) is 18.5 Å². The van der Waals surface area contributed by atoms with Crippen LogP contribution in [-0.2, 0) is 6.42 Å². The molecule has 1 fully saturated rings. The van der Waals surface area contributed by atoms with Crippen LogP contribution >= 0.6 is 11.3 Å². The molecule has 3 rings (SSSR count). The second-order valence-corrected chi connectivity index (χ2v) is 6.74. The molecule has 1 N–H and O–H groups in total. The fourth-order valence-electron chi connectivity index (χ4n) is 3.14. The molecule has 1 aliphatic heterocycles. The third kappa shape index (κ3) is 3.94. The Bertz CT molecular complexity index is 556. The van der Waals surface area contributed by atoms with Gasteiger partial charge in [-0.25, -0.2) is 0 Å². The third-order valence-electron chi connectivity index (χ3n) is 4.24. The van der Waals surface area contributed by atoms with Crippen LogP contribution in [0.4, 0.5) is 0 Å². The summed E-state index contributed by atoms with van der Waals surface area (Å²) in [4.78, 5) is 8.07. The van der Waals surface area contributed by atoms with E-state index in [1.807, 2.05) is 17.5 Å². The van der Waals surface area contributed by atoms with Gasteiger partial charge >= 0.3 is 0 Å². The van der Waals surface area contributed by atoms with Crippen LogP contribution in [0.1, 0.15) is 38.0 Å². The predicted molar refractivity (Wildman–Crippen MR) is 86.8 cm³/mol. The first kappa shape index (κ1) is 15.6. The van der Waals surface area contributed by atoms with Gasteiger partial charge in [-0.05, 0) is 56.6 Å². The highest BCUT2D eigenvalue weighted by molar-refractivity contribution is 7.13. The lowest BCUT2D eigenvalue weighted by atomic mass is 10.1. The van der Waals surface area contributed by atoms with Crippen molar-refractivity contribution in [3.8, 4) is 10.7 Å². The molecule has 0 aliphatic carbocycles. The quantitative estimate of drug-likeness (QED) is 0.810. The summed E-state index contributed by atoms with van der Waals surface area (Å²) in [7, 11) is 0. The van der Waals surface area contributed by atoms with E-state index in [2.05, 4.69) is 15.0 Å². The number of hydrogen-bond acceptors (Lipinski definition) is 6. The maximum absolute atomic E-state index is 8.97. The number of aliphatic hydroxyl groups is 1. The minimum atomic E-state index is 0.303. The van der Waals surface area contributed by atoms with E-state index >= 15 is 0 Å². The average Bonchev–Trinajstić information content (AvgIpc) is 3.26. The van der Waals surface area contributed by atoms with E-state index in [0.717, 1.165) is 43.0 Å². The first-order valence-corrected chi connectivity index (χ1v) is 8.96. The second-order valence-electron chi connectivity index (χ2n) is 5.79. The van der Waals surface area contributed by atoms with Crippen molar-refractivity contribution < 1.29 is 9.63 Å². The van der Waals surface area contributed by atoms with Crippen molar-refractivity contribution in [2.45, 2.75) is 44.6 Å². The Morgan fingerprint density at radius 1 is 1.41 bits per heavy atom. The molecule has 120 valence electrons. The highest BCUT2D eigenvalue weighted by atomic mass is 32.1. The van der Waals surface area contributed by atoms with Gasteiger partial charge < -0.3 is 14.5 Å². The molecule has 2 aromatic rings. The Morgan fingerprint density at radius 2 is 2.36 bits per heavy atom. The van der Waals surface area contributed by atoms with Gasteiger partial charge in [0.25, 0.3) is 0 Å². The molecule has 0 amide bonds. The smallest absolute Gasteiger partial charge is 0.227 e. The zero-order chi connectivity index (χ0) is 15.2. The van der Waals surface area contributed by atoms with Crippen LogP contribution in [0.25, 0.3) is 10.7 Å². The zero-order valence-corrected chi connectivity index (χ0v) is 13.6. The highest BCUT2D eigenvalue weighted by Gasteiger charge is 2.23. The molecular weight excluding hydrogens is 298 g/mol. The Balaban J connectivity index is 1.45. The van der Waals surface area contributed by atoms with Crippen LogP contribution in [0, 0.1) is 0 Å². The predicted octanol–water partition coefficient (Wildman–Crippen LogP) is 2.97. The van der Waals surface area contributed by atoms with E-state index in [1.165, 1.54) is 19.4 Å². The lowest BCUT2D eigenvalue weighted by molar-refractivity contribution is 0.212. The van der Waals surface area contributed by atoms with Crippen molar-refractivity contribution in [1.82, 2.24) is 15.0 Å². The molecule has 0 radical (unpaired) electrons. The normalized spacial score (nSPS) is 19.0. The largest absolute Gasteiger partial charge is 0.396 e. The zero-order valence-electron chi connectivity index (χ0n) is 12.8. The van der Waals surface area contributed by atoms with Gasteiger partial charge in [0, 0.05) is 19.1 Å². The Morgan fingerprint density at radius 3 is 3.18 bits per heavy atom. The van der Waals surface area contributed by atoms with Crippen molar-refractivity contribution in [2.24, 2.45) is 0 Å². The van der Waals surface area contributed by atoms with Gasteiger partial charge in [-0.15, -0.1) is 11.3 Å². The molecular formula is C16H23N3O2S. The molecule has 5 nitrogen and oxygen atoms in total. The van der Waals surface area contributed by atoms with Crippen molar-refractivity contribution in [3.05, 3.63) is 23.4 Å². The van der Waals surface area contributed by atoms with Crippen LogP contribution in [0.3, 0.4) is 0 Å². The van der Waals surface area contributed by atoms with Crippen LogP contribution in [-0.4, -0.2) is 45.9 Å².